The van der Waals surface area contributed by atoms with Crippen LogP contribution in [0.2, 0.25) is 0 Å². The predicted octanol–water partition coefficient (Wildman–Crippen LogP) is 3.34. The van der Waals surface area contributed by atoms with Crippen LogP contribution in [-0.2, 0) is 13.0 Å². The van der Waals surface area contributed by atoms with E-state index in [4.69, 9.17) is 4.52 Å². The molecule has 0 saturated carbocycles. The van der Waals surface area contributed by atoms with Gasteiger partial charge in [0.2, 0.25) is 0 Å². The molecule has 1 aromatic carbocycles. The molecule has 0 N–H and O–H groups in total. The number of nitrogens with zero attached hydrogens (tertiary/aromatic N) is 4. The third-order valence-corrected chi connectivity index (χ3v) is 4.56. The van der Waals surface area contributed by atoms with E-state index in [2.05, 4.69) is 58.0 Å². The standard InChI is InChI=1S/C18H20N4O/c1-12-4-5-16-14(8-12)15-10-21(3)7-6-17(15)22(16)9-13(2)18-19-11-20-23-18/h4-5,8-9,11H,6-7,10H2,1-3H3/b13-9+. The van der Waals surface area contributed by atoms with Gasteiger partial charge in [-0.2, -0.15) is 4.98 Å². The molecule has 0 radical (unpaired) electrons. The molecule has 23 heavy (non-hydrogen) atoms. The van der Waals surface area contributed by atoms with E-state index in [0.717, 1.165) is 25.1 Å². The first-order chi connectivity index (χ1) is 11.1. The van der Waals surface area contributed by atoms with E-state index >= 15 is 0 Å². The second-order valence-corrected chi connectivity index (χ2v) is 6.36. The zero-order valence-electron chi connectivity index (χ0n) is 13.7. The number of fused-ring (bicyclic) bond motifs is 3. The Balaban J connectivity index is 1.94. The topological polar surface area (TPSA) is 47.1 Å². The highest BCUT2D eigenvalue weighted by molar-refractivity contribution is 5.90. The second-order valence-electron chi connectivity index (χ2n) is 6.36. The van der Waals surface area contributed by atoms with E-state index in [-0.39, 0.29) is 0 Å². The highest BCUT2D eigenvalue weighted by atomic mass is 16.5. The number of benzene rings is 1. The Morgan fingerprint density at radius 2 is 2.22 bits per heavy atom. The monoisotopic (exact) mass is 308 g/mol. The number of allylic oxidation sites excluding steroid dienone is 1. The van der Waals surface area contributed by atoms with Crippen molar-refractivity contribution in [1.29, 1.82) is 0 Å². The van der Waals surface area contributed by atoms with Gasteiger partial charge in [0.15, 0.2) is 6.33 Å². The van der Waals surface area contributed by atoms with Crippen LogP contribution in [-0.4, -0.2) is 33.2 Å². The summed E-state index contributed by atoms with van der Waals surface area (Å²) in [4.78, 5) is 6.53. The smallest absolute Gasteiger partial charge is 0.254 e. The van der Waals surface area contributed by atoms with Gasteiger partial charge in [0.1, 0.15) is 0 Å². The second kappa shape index (κ2) is 5.35. The lowest BCUT2D eigenvalue weighted by Crippen LogP contribution is -2.26. The van der Waals surface area contributed by atoms with E-state index in [1.54, 1.807) is 0 Å². The molecule has 0 unspecified atom stereocenters. The lowest BCUT2D eigenvalue weighted by molar-refractivity contribution is 0.312. The zero-order valence-corrected chi connectivity index (χ0v) is 13.7. The molecule has 3 aromatic rings. The largest absolute Gasteiger partial charge is 0.335 e. The Kier molecular flexibility index (Phi) is 3.31. The Morgan fingerprint density at radius 3 is 3.00 bits per heavy atom. The van der Waals surface area contributed by atoms with E-state index in [9.17, 15) is 0 Å². The minimum absolute atomic E-state index is 0.570. The predicted molar refractivity (Wildman–Crippen MR) is 90.9 cm³/mol. The number of rotatable bonds is 2. The normalized spacial score (nSPS) is 16.0. The van der Waals surface area contributed by atoms with Gasteiger partial charge in [0, 0.05) is 42.4 Å². The van der Waals surface area contributed by atoms with Crippen LogP contribution in [0.4, 0.5) is 0 Å². The van der Waals surface area contributed by atoms with Crippen LogP contribution < -0.4 is 0 Å². The van der Waals surface area contributed by atoms with Gasteiger partial charge < -0.3 is 14.0 Å². The van der Waals surface area contributed by atoms with Crippen molar-refractivity contribution in [2.75, 3.05) is 13.6 Å². The van der Waals surface area contributed by atoms with Crippen LogP contribution in [0.5, 0.6) is 0 Å². The molecule has 0 spiro atoms. The van der Waals surface area contributed by atoms with Gasteiger partial charge >= 0.3 is 0 Å². The van der Waals surface area contributed by atoms with Crippen molar-refractivity contribution < 1.29 is 4.52 Å². The van der Waals surface area contributed by atoms with Gasteiger partial charge in [-0.3, -0.25) is 0 Å². The lowest BCUT2D eigenvalue weighted by Gasteiger charge is -2.23. The molecule has 0 aliphatic carbocycles. The van der Waals surface area contributed by atoms with Crippen molar-refractivity contribution in [1.82, 2.24) is 19.6 Å². The Hall–Kier alpha value is -2.40. The Bertz CT molecular complexity index is 890. The summed E-state index contributed by atoms with van der Waals surface area (Å²) < 4.78 is 7.49. The fraction of sp³-hybridized carbons (Fsp3) is 0.333. The van der Waals surface area contributed by atoms with Crippen LogP contribution in [0.3, 0.4) is 0 Å². The van der Waals surface area contributed by atoms with Crippen molar-refractivity contribution in [3.05, 3.63) is 47.2 Å². The van der Waals surface area contributed by atoms with Gasteiger partial charge in [-0.05, 0) is 38.6 Å². The van der Waals surface area contributed by atoms with Crippen LogP contribution in [0.25, 0.3) is 22.7 Å². The number of aryl methyl sites for hydroxylation is 1. The summed E-state index contributed by atoms with van der Waals surface area (Å²) in [6, 6.07) is 6.67. The van der Waals surface area contributed by atoms with Crippen LogP contribution in [0.1, 0.15) is 29.6 Å². The van der Waals surface area contributed by atoms with Crippen molar-refractivity contribution >= 4 is 22.7 Å². The first-order valence-electron chi connectivity index (χ1n) is 7.90. The summed E-state index contributed by atoms with van der Waals surface area (Å²) in [7, 11) is 2.18. The summed E-state index contributed by atoms with van der Waals surface area (Å²) in [5.41, 5.74) is 6.34. The molecule has 0 saturated heterocycles. The Morgan fingerprint density at radius 1 is 1.35 bits per heavy atom. The van der Waals surface area contributed by atoms with Gasteiger partial charge in [-0.1, -0.05) is 16.8 Å². The molecule has 3 heterocycles. The number of hydrogen-bond acceptors (Lipinski definition) is 4. The minimum atomic E-state index is 0.570. The molecule has 0 atom stereocenters. The van der Waals surface area contributed by atoms with Crippen LogP contribution >= 0.6 is 0 Å². The molecular formula is C18H20N4O. The fourth-order valence-corrected chi connectivity index (χ4v) is 3.38. The molecule has 5 nitrogen and oxygen atoms in total. The van der Waals surface area contributed by atoms with Gasteiger partial charge in [-0.15, -0.1) is 0 Å². The summed E-state index contributed by atoms with van der Waals surface area (Å²) in [5.74, 6) is 0.570. The third-order valence-electron chi connectivity index (χ3n) is 4.56. The van der Waals surface area contributed by atoms with E-state index in [1.165, 1.54) is 34.1 Å². The molecular weight excluding hydrogens is 288 g/mol. The molecule has 0 fully saturated rings. The van der Waals surface area contributed by atoms with E-state index in [0.29, 0.717) is 5.89 Å². The number of aromatic nitrogens is 3. The van der Waals surface area contributed by atoms with Crippen LogP contribution in [0, 0.1) is 6.92 Å². The molecule has 118 valence electrons. The summed E-state index contributed by atoms with van der Waals surface area (Å²) in [6.07, 6.45) is 4.61. The summed E-state index contributed by atoms with van der Waals surface area (Å²) >= 11 is 0. The molecule has 4 rings (SSSR count). The summed E-state index contributed by atoms with van der Waals surface area (Å²) in [5, 5.41) is 5.05. The maximum atomic E-state index is 5.19. The highest BCUT2D eigenvalue weighted by Gasteiger charge is 2.22. The molecule has 1 aliphatic heterocycles. The minimum Gasteiger partial charge on any atom is -0.335 e. The van der Waals surface area contributed by atoms with Gasteiger partial charge in [0.05, 0.1) is 5.52 Å². The maximum absolute atomic E-state index is 5.19. The first-order valence-corrected chi connectivity index (χ1v) is 7.90. The zero-order chi connectivity index (χ0) is 16.0. The average molecular weight is 308 g/mol. The third kappa shape index (κ3) is 2.37. The Labute approximate surface area is 135 Å². The molecule has 2 aromatic heterocycles. The summed E-state index contributed by atoms with van der Waals surface area (Å²) in [6.45, 7) is 6.23. The van der Waals surface area contributed by atoms with Crippen molar-refractivity contribution in [3.63, 3.8) is 0 Å². The number of likely N-dealkylation sites (N-methyl/N-ethyl adjacent to an activating group) is 1. The molecule has 5 heteroatoms. The maximum Gasteiger partial charge on any atom is 0.254 e. The first kappa shape index (κ1) is 14.2. The van der Waals surface area contributed by atoms with Gasteiger partial charge in [-0.25, -0.2) is 0 Å². The lowest BCUT2D eigenvalue weighted by atomic mass is 10.0. The van der Waals surface area contributed by atoms with Crippen molar-refractivity contribution in [3.8, 4) is 0 Å². The fourth-order valence-electron chi connectivity index (χ4n) is 3.38. The SMILES string of the molecule is C/C(=C\n1c2c(c3cc(C)ccc31)CN(C)CC2)c1ncno1. The van der Waals surface area contributed by atoms with E-state index < -0.39 is 0 Å². The van der Waals surface area contributed by atoms with Crippen molar-refractivity contribution in [2.45, 2.75) is 26.8 Å². The van der Waals surface area contributed by atoms with Crippen LogP contribution in [0.15, 0.2) is 29.0 Å². The average Bonchev–Trinajstić information content (AvgIpc) is 3.15. The highest BCUT2D eigenvalue weighted by Crippen LogP contribution is 2.32. The molecule has 1 aliphatic rings. The number of hydrogen-bond donors (Lipinski definition) is 0. The van der Waals surface area contributed by atoms with Crippen molar-refractivity contribution in [2.24, 2.45) is 0 Å². The molecule has 0 bridgehead atoms. The molecule has 0 amide bonds. The van der Waals surface area contributed by atoms with E-state index in [1.807, 2.05) is 6.92 Å². The van der Waals surface area contributed by atoms with Gasteiger partial charge in [0.25, 0.3) is 5.89 Å². The quantitative estimate of drug-likeness (QED) is 0.728.